The summed E-state index contributed by atoms with van der Waals surface area (Å²) in [6.45, 7) is -0.0116. The fourth-order valence-electron chi connectivity index (χ4n) is 4.22. The summed E-state index contributed by atoms with van der Waals surface area (Å²) in [5.74, 6) is -4.11. The van der Waals surface area contributed by atoms with Crippen LogP contribution in [-0.4, -0.2) is 42.6 Å². The first kappa shape index (κ1) is 31.4. The highest BCUT2D eigenvalue weighted by Gasteiger charge is 2.48. The topological polar surface area (TPSA) is 84.2 Å². The zero-order chi connectivity index (χ0) is 31.9. The molecule has 228 valence electrons. The molecule has 0 atom stereocenters. The third-order valence-corrected chi connectivity index (χ3v) is 6.65. The van der Waals surface area contributed by atoms with Crippen LogP contribution >= 0.6 is 0 Å². The van der Waals surface area contributed by atoms with Crippen molar-refractivity contribution in [1.29, 1.82) is 0 Å². The van der Waals surface area contributed by atoms with E-state index in [4.69, 9.17) is 4.42 Å². The van der Waals surface area contributed by atoms with Gasteiger partial charge in [0.15, 0.2) is 5.78 Å². The number of alkyl halides is 6. The number of aromatic nitrogens is 1. The van der Waals surface area contributed by atoms with Crippen molar-refractivity contribution in [2.75, 3.05) is 18.9 Å². The maximum absolute atomic E-state index is 14.7. The van der Waals surface area contributed by atoms with Crippen LogP contribution in [0.4, 0.5) is 40.9 Å². The number of furan rings is 1. The van der Waals surface area contributed by atoms with Gasteiger partial charge in [0.25, 0.3) is 5.91 Å². The van der Waals surface area contributed by atoms with E-state index in [9.17, 15) is 44.7 Å². The first-order valence-electron chi connectivity index (χ1n) is 12.6. The van der Waals surface area contributed by atoms with Crippen molar-refractivity contribution in [2.45, 2.75) is 32.6 Å². The average Bonchev–Trinajstić information content (AvgIpc) is 3.28. The minimum Gasteiger partial charge on any atom is -0.437 e. The van der Waals surface area contributed by atoms with Gasteiger partial charge < -0.3 is 15.1 Å². The molecule has 0 saturated heterocycles. The summed E-state index contributed by atoms with van der Waals surface area (Å²) in [7, 11) is 1.31. The SMILES string of the molecule is CNC(=O)c1c(-c2ccc(F)cc2)oc2nc(NCC(F)(F)F)c(-c3ccc(F)c(C(=O)CC(C)(C)C(F)(F)F)c3)cc12. The molecule has 0 aliphatic rings. The Hall–Kier alpha value is -4.49. The first-order valence-corrected chi connectivity index (χ1v) is 12.6. The Morgan fingerprint density at radius 3 is 2.12 bits per heavy atom. The summed E-state index contributed by atoms with van der Waals surface area (Å²) in [6.07, 6.45) is -10.6. The molecular weight excluding hydrogens is 590 g/mol. The molecule has 0 spiro atoms. The largest absolute Gasteiger partial charge is 0.437 e. The van der Waals surface area contributed by atoms with E-state index in [2.05, 4.69) is 15.6 Å². The molecule has 2 N–H and O–H groups in total. The molecule has 4 rings (SSSR count). The van der Waals surface area contributed by atoms with Gasteiger partial charge in [-0.2, -0.15) is 31.3 Å². The lowest BCUT2D eigenvalue weighted by molar-refractivity contribution is -0.210. The molecule has 2 aromatic carbocycles. The van der Waals surface area contributed by atoms with Crippen LogP contribution in [-0.2, 0) is 0 Å². The minimum atomic E-state index is -4.78. The Morgan fingerprint density at radius 1 is 0.907 bits per heavy atom. The Kier molecular flexibility index (Phi) is 8.27. The molecule has 0 radical (unpaired) electrons. The fraction of sp³-hybridized carbons (Fsp3) is 0.276. The number of rotatable bonds is 8. The molecule has 14 heteroatoms. The number of anilines is 1. The predicted octanol–water partition coefficient (Wildman–Crippen LogP) is 7.94. The van der Waals surface area contributed by atoms with Crippen LogP contribution in [0.5, 0.6) is 0 Å². The number of carbonyl (C=O) groups is 2. The lowest BCUT2D eigenvalue weighted by atomic mass is 9.84. The smallest absolute Gasteiger partial charge is 0.405 e. The van der Waals surface area contributed by atoms with Crippen molar-refractivity contribution in [2.24, 2.45) is 5.41 Å². The van der Waals surface area contributed by atoms with Crippen molar-refractivity contribution in [3.05, 3.63) is 71.3 Å². The summed E-state index contributed by atoms with van der Waals surface area (Å²) < 4.78 is 114. The molecule has 0 bridgehead atoms. The summed E-state index contributed by atoms with van der Waals surface area (Å²) in [5, 5.41) is 4.53. The van der Waals surface area contributed by atoms with Crippen molar-refractivity contribution < 1.29 is 49.1 Å². The second-order valence-corrected chi connectivity index (χ2v) is 10.3. The van der Waals surface area contributed by atoms with E-state index in [0.29, 0.717) is 0 Å². The van der Waals surface area contributed by atoms with E-state index in [-0.39, 0.29) is 39.1 Å². The number of ketones is 1. The summed E-state index contributed by atoms with van der Waals surface area (Å²) in [4.78, 5) is 29.9. The lowest BCUT2D eigenvalue weighted by Gasteiger charge is -2.27. The lowest BCUT2D eigenvalue weighted by Crippen LogP contribution is -2.34. The van der Waals surface area contributed by atoms with Gasteiger partial charge in [0.05, 0.1) is 21.9 Å². The standard InChI is InChI=1S/C29H23F8N3O3/c1-27(2,29(35,36)37)12-21(41)18-10-15(6-9-20(18)31)17-11-19-22(25(42)38-3)23(14-4-7-16(30)8-5-14)43-26(19)40-24(17)39-13-28(32,33)34/h4-11H,12-13H2,1-3H3,(H,38,42)(H,39,40). The molecule has 0 fully saturated rings. The zero-order valence-electron chi connectivity index (χ0n) is 22.7. The van der Waals surface area contributed by atoms with Gasteiger partial charge in [-0.1, -0.05) is 19.9 Å². The van der Waals surface area contributed by atoms with E-state index in [1.807, 2.05) is 0 Å². The van der Waals surface area contributed by atoms with Gasteiger partial charge in [-0.3, -0.25) is 9.59 Å². The zero-order valence-corrected chi connectivity index (χ0v) is 22.7. The number of pyridine rings is 1. The molecular formula is C29H23F8N3O3. The maximum atomic E-state index is 14.7. The highest BCUT2D eigenvalue weighted by atomic mass is 19.4. The molecule has 4 aromatic rings. The van der Waals surface area contributed by atoms with Crippen LogP contribution in [0.3, 0.4) is 0 Å². The van der Waals surface area contributed by atoms with Gasteiger partial charge in [0.1, 0.15) is 29.8 Å². The number of halogens is 8. The normalized spacial score (nSPS) is 12.4. The molecule has 0 unspecified atom stereocenters. The molecule has 6 nitrogen and oxygen atoms in total. The van der Waals surface area contributed by atoms with Crippen molar-refractivity contribution >= 4 is 28.6 Å². The Balaban J connectivity index is 1.93. The highest BCUT2D eigenvalue weighted by molar-refractivity contribution is 6.11. The van der Waals surface area contributed by atoms with E-state index in [1.54, 1.807) is 0 Å². The quantitative estimate of drug-likeness (QED) is 0.156. The molecule has 2 aromatic heterocycles. The first-order chi connectivity index (χ1) is 19.9. The minimum absolute atomic E-state index is 0.00152. The second-order valence-electron chi connectivity index (χ2n) is 10.3. The number of amides is 1. The van der Waals surface area contributed by atoms with Crippen LogP contribution < -0.4 is 10.6 Å². The van der Waals surface area contributed by atoms with Gasteiger partial charge in [0.2, 0.25) is 5.71 Å². The predicted molar refractivity (Wildman–Crippen MR) is 142 cm³/mol. The van der Waals surface area contributed by atoms with Crippen molar-refractivity contribution in [1.82, 2.24) is 10.3 Å². The van der Waals surface area contributed by atoms with Crippen LogP contribution in [0, 0.1) is 17.0 Å². The van der Waals surface area contributed by atoms with Crippen LogP contribution in [0.2, 0.25) is 0 Å². The number of Topliss-reactive ketones (excluding diaryl/α,β-unsaturated/α-hetero) is 1. The number of hydrogen-bond donors (Lipinski definition) is 2. The summed E-state index contributed by atoms with van der Waals surface area (Å²) in [6, 6.07) is 8.84. The van der Waals surface area contributed by atoms with Gasteiger partial charge in [-0.15, -0.1) is 0 Å². The van der Waals surface area contributed by atoms with Gasteiger partial charge >= 0.3 is 12.4 Å². The Bertz CT molecular complexity index is 1690. The van der Waals surface area contributed by atoms with E-state index < -0.39 is 65.4 Å². The second kappa shape index (κ2) is 11.3. The van der Waals surface area contributed by atoms with Crippen molar-refractivity contribution in [3.63, 3.8) is 0 Å². The summed E-state index contributed by atoms with van der Waals surface area (Å²) >= 11 is 0. The van der Waals surface area contributed by atoms with Crippen LogP contribution in [0.25, 0.3) is 33.6 Å². The number of carbonyl (C=O) groups excluding carboxylic acids is 2. The number of nitrogens with one attached hydrogen (secondary N) is 2. The third-order valence-electron chi connectivity index (χ3n) is 6.65. The average molecular weight is 614 g/mol. The maximum Gasteiger partial charge on any atom is 0.405 e. The number of benzene rings is 2. The molecule has 0 saturated carbocycles. The molecule has 0 aliphatic heterocycles. The van der Waals surface area contributed by atoms with Crippen LogP contribution in [0.15, 0.2) is 52.9 Å². The monoisotopic (exact) mass is 613 g/mol. The van der Waals surface area contributed by atoms with E-state index >= 15 is 0 Å². The van der Waals surface area contributed by atoms with Crippen molar-refractivity contribution in [3.8, 4) is 22.5 Å². The number of nitrogens with zero attached hydrogens (tertiary/aromatic N) is 1. The fourth-order valence-corrected chi connectivity index (χ4v) is 4.22. The van der Waals surface area contributed by atoms with E-state index in [1.165, 1.54) is 25.2 Å². The van der Waals surface area contributed by atoms with Crippen LogP contribution in [0.1, 0.15) is 41.0 Å². The molecule has 43 heavy (non-hydrogen) atoms. The molecule has 1 amide bonds. The van der Waals surface area contributed by atoms with Gasteiger partial charge in [-0.25, -0.2) is 8.78 Å². The number of hydrogen-bond acceptors (Lipinski definition) is 5. The molecule has 2 heterocycles. The van der Waals surface area contributed by atoms with Gasteiger partial charge in [-0.05, 0) is 48.0 Å². The highest BCUT2D eigenvalue weighted by Crippen LogP contribution is 2.42. The number of fused-ring (bicyclic) bond motifs is 1. The Labute approximate surface area is 239 Å². The van der Waals surface area contributed by atoms with Gasteiger partial charge in [0, 0.05) is 24.6 Å². The third kappa shape index (κ3) is 6.62. The summed E-state index contributed by atoms with van der Waals surface area (Å²) in [5.41, 5.74) is -3.59. The molecule has 0 aliphatic carbocycles. The van der Waals surface area contributed by atoms with E-state index in [0.717, 1.165) is 44.2 Å². The Morgan fingerprint density at radius 2 is 1.53 bits per heavy atom.